The molecule has 1 aromatic rings. The van der Waals surface area contributed by atoms with E-state index in [-0.39, 0.29) is 6.10 Å². The molecule has 1 aromatic carbocycles. The first-order chi connectivity index (χ1) is 6.74. The SMILES string of the molecule is C[C@]1(c2ccccc2)OC[C@H](CCl)O1. The van der Waals surface area contributed by atoms with Crippen molar-refractivity contribution in [2.24, 2.45) is 0 Å². The zero-order valence-electron chi connectivity index (χ0n) is 8.07. The van der Waals surface area contributed by atoms with Crippen molar-refractivity contribution < 1.29 is 9.47 Å². The minimum absolute atomic E-state index is 0.00173. The quantitative estimate of drug-likeness (QED) is 0.702. The van der Waals surface area contributed by atoms with Crippen LogP contribution in [0.3, 0.4) is 0 Å². The Morgan fingerprint density at radius 2 is 2.14 bits per heavy atom. The lowest BCUT2D eigenvalue weighted by molar-refractivity contribution is -0.159. The molecule has 14 heavy (non-hydrogen) atoms. The molecular formula is C11H13ClO2. The molecule has 3 heteroatoms. The summed E-state index contributed by atoms with van der Waals surface area (Å²) in [7, 11) is 0. The molecular weight excluding hydrogens is 200 g/mol. The van der Waals surface area contributed by atoms with Gasteiger partial charge in [-0.2, -0.15) is 0 Å². The molecule has 0 spiro atoms. The highest BCUT2D eigenvalue weighted by Gasteiger charge is 2.38. The highest BCUT2D eigenvalue weighted by molar-refractivity contribution is 6.18. The van der Waals surface area contributed by atoms with Crippen molar-refractivity contribution in [3.05, 3.63) is 35.9 Å². The first-order valence-electron chi connectivity index (χ1n) is 4.68. The average molecular weight is 213 g/mol. The molecule has 0 N–H and O–H groups in total. The molecule has 0 bridgehead atoms. The van der Waals surface area contributed by atoms with Gasteiger partial charge in [0.1, 0.15) is 0 Å². The summed E-state index contributed by atoms with van der Waals surface area (Å²) in [5, 5.41) is 0. The Kier molecular flexibility index (Phi) is 2.77. The van der Waals surface area contributed by atoms with Crippen LogP contribution in [0.1, 0.15) is 12.5 Å². The number of hydrogen-bond donors (Lipinski definition) is 0. The van der Waals surface area contributed by atoms with Gasteiger partial charge >= 0.3 is 0 Å². The number of benzene rings is 1. The fourth-order valence-electron chi connectivity index (χ4n) is 1.61. The van der Waals surface area contributed by atoms with Gasteiger partial charge < -0.3 is 9.47 Å². The molecule has 76 valence electrons. The highest BCUT2D eigenvalue weighted by atomic mass is 35.5. The molecule has 1 aliphatic heterocycles. The zero-order chi connectivity index (χ0) is 10.0. The summed E-state index contributed by atoms with van der Waals surface area (Å²) in [5.74, 6) is -0.150. The molecule has 0 unspecified atom stereocenters. The van der Waals surface area contributed by atoms with Crippen molar-refractivity contribution in [1.82, 2.24) is 0 Å². The van der Waals surface area contributed by atoms with E-state index in [1.54, 1.807) is 0 Å². The molecule has 0 aromatic heterocycles. The van der Waals surface area contributed by atoms with E-state index in [4.69, 9.17) is 21.1 Å². The van der Waals surface area contributed by atoms with Crippen LogP contribution < -0.4 is 0 Å². The second-order valence-electron chi connectivity index (χ2n) is 3.52. The minimum atomic E-state index is -0.624. The van der Waals surface area contributed by atoms with E-state index in [9.17, 15) is 0 Å². The van der Waals surface area contributed by atoms with E-state index in [1.165, 1.54) is 0 Å². The van der Waals surface area contributed by atoms with Crippen molar-refractivity contribution in [3.8, 4) is 0 Å². The van der Waals surface area contributed by atoms with E-state index < -0.39 is 5.79 Å². The van der Waals surface area contributed by atoms with Gasteiger partial charge in [-0.25, -0.2) is 0 Å². The molecule has 1 fully saturated rings. The number of ether oxygens (including phenoxy) is 2. The fraction of sp³-hybridized carbons (Fsp3) is 0.455. The van der Waals surface area contributed by atoms with Gasteiger partial charge in [0.2, 0.25) is 0 Å². The largest absolute Gasteiger partial charge is 0.343 e. The normalized spacial score (nSPS) is 32.0. The van der Waals surface area contributed by atoms with Crippen molar-refractivity contribution in [3.63, 3.8) is 0 Å². The van der Waals surface area contributed by atoms with Gasteiger partial charge in [0.25, 0.3) is 0 Å². The number of halogens is 1. The molecule has 1 aliphatic rings. The number of alkyl halides is 1. The van der Waals surface area contributed by atoms with E-state index >= 15 is 0 Å². The van der Waals surface area contributed by atoms with Crippen LogP contribution in [0.5, 0.6) is 0 Å². The van der Waals surface area contributed by atoms with Crippen LogP contribution in [0, 0.1) is 0 Å². The van der Waals surface area contributed by atoms with E-state index in [2.05, 4.69) is 0 Å². The van der Waals surface area contributed by atoms with Gasteiger partial charge in [-0.15, -0.1) is 11.6 Å². The lowest BCUT2D eigenvalue weighted by atomic mass is 10.1. The second kappa shape index (κ2) is 3.89. The minimum Gasteiger partial charge on any atom is -0.343 e. The molecule has 1 heterocycles. The predicted octanol–water partition coefficient (Wildman–Crippen LogP) is 2.51. The van der Waals surface area contributed by atoms with Crippen LogP contribution in [-0.2, 0) is 15.3 Å². The summed E-state index contributed by atoms with van der Waals surface area (Å²) >= 11 is 5.72. The number of hydrogen-bond acceptors (Lipinski definition) is 2. The van der Waals surface area contributed by atoms with Crippen LogP contribution >= 0.6 is 11.6 Å². The van der Waals surface area contributed by atoms with Gasteiger partial charge in [0.05, 0.1) is 18.6 Å². The molecule has 0 aliphatic carbocycles. The first-order valence-corrected chi connectivity index (χ1v) is 5.21. The second-order valence-corrected chi connectivity index (χ2v) is 3.83. The molecule has 0 amide bonds. The summed E-state index contributed by atoms with van der Waals surface area (Å²) < 4.78 is 11.4. The fourth-order valence-corrected chi connectivity index (χ4v) is 1.76. The Labute approximate surface area is 88.8 Å². The third-order valence-electron chi connectivity index (χ3n) is 2.41. The van der Waals surface area contributed by atoms with Crippen molar-refractivity contribution in [2.75, 3.05) is 12.5 Å². The summed E-state index contributed by atoms with van der Waals surface area (Å²) in [5.41, 5.74) is 1.03. The summed E-state index contributed by atoms with van der Waals surface area (Å²) in [6, 6.07) is 9.91. The Bertz CT molecular complexity index is 301. The topological polar surface area (TPSA) is 18.5 Å². The van der Waals surface area contributed by atoms with Crippen LogP contribution in [0.4, 0.5) is 0 Å². The maximum absolute atomic E-state index is 5.73. The van der Waals surface area contributed by atoms with Crippen LogP contribution in [-0.4, -0.2) is 18.6 Å². The van der Waals surface area contributed by atoms with Gasteiger partial charge in [-0.1, -0.05) is 30.3 Å². The smallest absolute Gasteiger partial charge is 0.192 e. The van der Waals surface area contributed by atoms with Gasteiger partial charge in [0, 0.05) is 5.56 Å². The van der Waals surface area contributed by atoms with Gasteiger partial charge in [-0.3, -0.25) is 0 Å². The highest BCUT2D eigenvalue weighted by Crippen LogP contribution is 2.33. The zero-order valence-corrected chi connectivity index (χ0v) is 8.83. The first kappa shape index (κ1) is 9.97. The van der Waals surface area contributed by atoms with Crippen molar-refractivity contribution >= 4 is 11.6 Å². The average Bonchev–Trinajstić information content (AvgIpc) is 2.63. The summed E-state index contributed by atoms with van der Waals surface area (Å²) in [6.45, 7) is 2.49. The molecule has 2 nitrogen and oxygen atoms in total. The van der Waals surface area contributed by atoms with Crippen molar-refractivity contribution in [1.29, 1.82) is 0 Å². The maximum Gasteiger partial charge on any atom is 0.192 e. The van der Waals surface area contributed by atoms with Crippen molar-refractivity contribution in [2.45, 2.75) is 18.8 Å². The Hall–Kier alpha value is -0.570. The monoisotopic (exact) mass is 212 g/mol. The van der Waals surface area contributed by atoms with Gasteiger partial charge in [-0.05, 0) is 6.92 Å². The van der Waals surface area contributed by atoms with Crippen LogP contribution in [0.2, 0.25) is 0 Å². The van der Waals surface area contributed by atoms with Crippen LogP contribution in [0.25, 0.3) is 0 Å². The maximum atomic E-state index is 5.73. The molecule has 2 atom stereocenters. The third kappa shape index (κ3) is 1.78. The lowest BCUT2D eigenvalue weighted by Crippen LogP contribution is -2.24. The third-order valence-corrected chi connectivity index (χ3v) is 2.75. The van der Waals surface area contributed by atoms with Crippen LogP contribution in [0.15, 0.2) is 30.3 Å². The van der Waals surface area contributed by atoms with E-state index in [1.807, 2.05) is 37.3 Å². The standard InChI is InChI=1S/C11H13ClO2/c1-11(9-5-3-2-4-6-9)13-8-10(7-12)14-11/h2-6,10H,7-8H2,1H3/t10-,11-/m0/s1. The number of rotatable bonds is 2. The summed E-state index contributed by atoms with van der Waals surface area (Å²) in [4.78, 5) is 0. The molecule has 1 saturated heterocycles. The molecule has 2 rings (SSSR count). The summed E-state index contributed by atoms with van der Waals surface area (Å²) in [6.07, 6.45) is 0.00173. The predicted molar refractivity (Wildman–Crippen MR) is 55.3 cm³/mol. The molecule has 0 saturated carbocycles. The van der Waals surface area contributed by atoms with Gasteiger partial charge in [0.15, 0.2) is 5.79 Å². The lowest BCUT2D eigenvalue weighted by Gasteiger charge is -2.23. The Morgan fingerprint density at radius 1 is 1.43 bits per heavy atom. The molecule has 0 radical (unpaired) electrons. The Morgan fingerprint density at radius 3 is 2.71 bits per heavy atom. The van der Waals surface area contributed by atoms with E-state index in [0.717, 1.165) is 5.56 Å². The Balaban J connectivity index is 2.19. The van der Waals surface area contributed by atoms with E-state index in [0.29, 0.717) is 12.5 Å².